The summed E-state index contributed by atoms with van der Waals surface area (Å²) in [6, 6.07) is 3.81. The van der Waals surface area contributed by atoms with Crippen molar-refractivity contribution in [3.05, 3.63) is 26.4 Å². The maximum Gasteiger partial charge on any atom is 0.356 e. The van der Waals surface area contributed by atoms with Gasteiger partial charge in [-0.15, -0.1) is 11.3 Å². The smallest absolute Gasteiger partial charge is 0.356 e. The lowest BCUT2D eigenvalue weighted by atomic mass is 10.3. The van der Waals surface area contributed by atoms with Crippen molar-refractivity contribution in [2.75, 3.05) is 7.11 Å². The Kier molecular flexibility index (Phi) is 3.27. The molecular weight excluding hydrogens is 312 g/mol. The zero-order chi connectivity index (χ0) is 11.7. The summed E-state index contributed by atoms with van der Waals surface area (Å²) in [5, 5.41) is 0. The molecule has 7 heteroatoms. The molecule has 4 nitrogen and oxygen atoms in total. The third-order valence-corrected chi connectivity index (χ3v) is 3.78. The summed E-state index contributed by atoms with van der Waals surface area (Å²) >= 11 is 9.84. The first-order chi connectivity index (χ1) is 7.61. The Bertz CT molecular complexity index is 584. The van der Waals surface area contributed by atoms with Gasteiger partial charge in [0.2, 0.25) is 0 Å². The number of esters is 1. The Morgan fingerprint density at radius 1 is 1.50 bits per heavy atom. The van der Waals surface area contributed by atoms with Gasteiger partial charge in [0.25, 0.3) is 0 Å². The van der Waals surface area contributed by atoms with E-state index < -0.39 is 5.97 Å². The highest BCUT2D eigenvalue weighted by Crippen LogP contribution is 2.31. The Morgan fingerprint density at radius 3 is 2.81 bits per heavy atom. The van der Waals surface area contributed by atoms with Gasteiger partial charge in [0.1, 0.15) is 0 Å². The van der Waals surface area contributed by atoms with Gasteiger partial charge in [0.15, 0.2) is 10.5 Å². The monoisotopic (exact) mass is 318 g/mol. The standard InChI is InChI=1S/C9H7BrN2O2S2/c1-14-8(13)7-6(11-9(15)12-7)4-2-3-5(10)16-4/h2-3H,1H3,(H2,11,12,15). The van der Waals surface area contributed by atoms with Crippen molar-refractivity contribution in [1.29, 1.82) is 0 Å². The molecule has 0 saturated heterocycles. The van der Waals surface area contributed by atoms with Gasteiger partial charge in [0.05, 0.1) is 21.5 Å². The van der Waals surface area contributed by atoms with E-state index in [1.807, 2.05) is 12.1 Å². The van der Waals surface area contributed by atoms with E-state index in [2.05, 4.69) is 30.6 Å². The number of H-pyrrole nitrogens is 2. The van der Waals surface area contributed by atoms with Crippen LogP contribution in [0.3, 0.4) is 0 Å². The van der Waals surface area contributed by atoms with Crippen molar-refractivity contribution in [2.24, 2.45) is 0 Å². The van der Waals surface area contributed by atoms with Crippen LogP contribution in [0.2, 0.25) is 0 Å². The number of halogens is 1. The summed E-state index contributed by atoms with van der Waals surface area (Å²) in [6.07, 6.45) is 0. The molecule has 2 rings (SSSR count). The number of imidazole rings is 1. The number of aromatic nitrogens is 2. The predicted octanol–water partition coefficient (Wildman–Crippen LogP) is 3.35. The summed E-state index contributed by atoms with van der Waals surface area (Å²) < 4.78 is 6.06. The van der Waals surface area contributed by atoms with Crippen molar-refractivity contribution in [1.82, 2.24) is 9.97 Å². The molecule has 2 aromatic rings. The van der Waals surface area contributed by atoms with Crippen LogP contribution < -0.4 is 0 Å². The van der Waals surface area contributed by atoms with E-state index in [0.29, 0.717) is 16.2 Å². The lowest BCUT2D eigenvalue weighted by Crippen LogP contribution is -2.03. The number of carbonyl (C=O) groups excluding carboxylic acids is 1. The second-order valence-electron chi connectivity index (χ2n) is 2.92. The average Bonchev–Trinajstić information content (AvgIpc) is 2.83. The van der Waals surface area contributed by atoms with E-state index in [9.17, 15) is 4.79 Å². The van der Waals surface area contributed by atoms with E-state index in [1.165, 1.54) is 18.4 Å². The molecule has 0 aromatic carbocycles. The first kappa shape index (κ1) is 11.6. The molecule has 0 fully saturated rings. The van der Waals surface area contributed by atoms with Crippen LogP contribution >= 0.6 is 39.5 Å². The predicted molar refractivity (Wildman–Crippen MR) is 68.3 cm³/mol. The number of rotatable bonds is 2. The minimum atomic E-state index is -0.438. The summed E-state index contributed by atoms with van der Waals surface area (Å²) in [4.78, 5) is 18.1. The second-order valence-corrected chi connectivity index (χ2v) is 5.80. The highest BCUT2D eigenvalue weighted by Gasteiger charge is 2.17. The molecule has 2 heterocycles. The zero-order valence-electron chi connectivity index (χ0n) is 8.17. The van der Waals surface area contributed by atoms with Gasteiger partial charge in [-0.1, -0.05) is 0 Å². The quantitative estimate of drug-likeness (QED) is 0.659. The highest BCUT2D eigenvalue weighted by molar-refractivity contribution is 9.11. The van der Waals surface area contributed by atoms with E-state index >= 15 is 0 Å². The highest BCUT2D eigenvalue weighted by atomic mass is 79.9. The Labute approximate surface area is 109 Å². The molecule has 0 radical (unpaired) electrons. The fourth-order valence-electron chi connectivity index (χ4n) is 1.27. The molecule has 0 atom stereocenters. The van der Waals surface area contributed by atoms with Crippen molar-refractivity contribution in [2.45, 2.75) is 0 Å². The van der Waals surface area contributed by atoms with Gasteiger partial charge in [-0.3, -0.25) is 0 Å². The van der Waals surface area contributed by atoms with Gasteiger partial charge >= 0.3 is 5.97 Å². The molecule has 0 unspecified atom stereocenters. The maximum atomic E-state index is 11.5. The number of nitrogens with one attached hydrogen (secondary N) is 2. The lowest BCUT2D eigenvalue weighted by molar-refractivity contribution is 0.0595. The van der Waals surface area contributed by atoms with Gasteiger partial charge in [-0.05, 0) is 40.3 Å². The van der Waals surface area contributed by atoms with E-state index in [1.54, 1.807) is 0 Å². The summed E-state index contributed by atoms with van der Waals surface area (Å²) in [6.45, 7) is 0. The van der Waals surface area contributed by atoms with Gasteiger partial charge in [-0.25, -0.2) is 4.79 Å². The van der Waals surface area contributed by atoms with Crippen molar-refractivity contribution in [3.63, 3.8) is 0 Å². The Morgan fingerprint density at radius 2 is 2.25 bits per heavy atom. The fourth-order valence-corrected chi connectivity index (χ4v) is 2.87. The molecule has 0 amide bonds. The minimum Gasteiger partial charge on any atom is -0.464 e. The van der Waals surface area contributed by atoms with E-state index in [4.69, 9.17) is 12.2 Å². The second kappa shape index (κ2) is 4.52. The summed E-state index contributed by atoms with van der Waals surface area (Å²) in [7, 11) is 1.33. The molecule has 0 aliphatic heterocycles. The van der Waals surface area contributed by atoms with Crippen LogP contribution in [0.1, 0.15) is 10.5 Å². The maximum absolute atomic E-state index is 11.5. The van der Waals surface area contributed by atoms with Gasteiger partial charge in [0, 0.05) is 0 Å². The third kappa shape index (κ3) is 2.11. The number of methoxy groups -OCH3 is 1. The van der Waals surface area contributed by atoms with Crippen LogP contribution in [0.25, 0.3) is 10.6 Å². The lowest BCUT2D eigenvalue weighted by Gasteiger charge is -1.98. The zero-order valence-corrected chi connectivity index (χ0v) is 11.4. The summed E-state index contributed by atoms with van der Waals surface area (Å²) in [5.74, 6) is -0.438. The largest absolute Gasteiger partial charge is 0.464 e. The van der Waals surface area contributed by atoms with Crippen LogP contribution in [-0.4, -0.2) is 23.0 Å². The fraction of sp³-hybridized carbons (Fsp3) is 0.111. The molecule has 0 saturated carbocycles. The molecule has 2 N–H and O–H groups in total. The number of hydrogen-bond donors (Lipinski definition) is 2. The molecule has 0 spiro atoms. The Balaban J connectivity index is 2.56. The molecule has 16 heavy (non-hydrogen) atoms. The summed E-state index contributed by atoms with van der Waals surface area (Å²) in [5.41, 5.74) is 1.01. The normalized spacial score (nSPS) is 10.4. The Hall–Kier alpha value is -0.920. The van der Waals surface area contributed by atoms with Crippen LogP contribution in [0, 0.1) is 4.77 Å². The van der Waals surface area contributed by atoms with Crippen LogP contribution in [-0.2, 0) is 4.74 Å². The minimum absolute atomic E-state index is 0.349. The topological polar surface area (TPSA) is 57.9 Å². The van der Waals surface area contributed by atoms with Crippen molar-refractivity contribution < 1.29 is 9.53 Å². The molecule has 84 valence electrons. The first-order valence-electron chi connectivity index (χ1n) is 4.28. The molecule has 0 aliphatic rings. The van der Waals surface area contributed by atoms with Gasteiger partial charge < -0.3 is 14.7 Å². The number of aromatic amines is 2. The van der Waals surface area contributed by atoms with Crippen LogP contribution in [0.15, 0.2) is 15.9 Å². The average molecular weight is 319 g/mol. The molecule has 2 aromatic heterocycles. The molecule has 0 aliphatic carbocycles. The number of carbonyl (C=O) groups is 1. The first-order valence-corrected chi connectivity index (χ1v) is 6.30. The van der Waals surface area contributed by atoms with Crippen LogP contribution in [0.5, 0.6) is 0 Å². The number of hydrogen-bond acceptors (Lipinski definition) is 4. The third-order valence-electron chi connectivity index (χ3n) is 1.94. The number of ether oxygens (including phenoxy) is 1. The molecule has 0 bridgehead atoms. The van der Waals surface area contributed by atoms with Crippen LogP contribution in [0.4, 0.5) is 0 Å². The van der Waals surface area contributed by atoms with Crippen molar-refractivity contribution in [3.8, 4) is 10.6 Å². The molecular formula is C9H7BrN2O2S2. The van der Waals surface area contributed by atoms with Gasteiger partial charge in [-0.2, -0.15) is 0 Å². The van der Waals surface area contributed by atoms with Crippen molar-refractivity contribution >= 4 is 45.5 Å². The SMILES string of the molecule is COC(=O)c1[nH]c(=S)[nH]c1-c1ccc(Br)s1. The number of thiophene rings is 1. The van der Waals surface area contributed by atoms with E-state index in [-0.39, 0.29) is 0 Å². The van der Waals surface area contributed by atoms with E-state index in [0.717, 1.165) is 8.66 Å².